The summed E-state index contributed by atoms with van der Waals surface area (Å²) in [7, 11) is 0. The van der Waals surface area contributed by atoms with Crippen LogP contribution in [0.15, 0.2) is 186 Å². The van der Waals surface area contributed by atoms with E-state index < -0.39 is 0 Å². The summed E-state index contributed by atoms with van der Waals surface area (Å²) in [5.41, 5.74) is 18.6. The van der Waals surface area contributed by atoms with Crippen LogP contribution < -0.4 is 21.5 Å². The number of para-hydroxylation sites is 1. The molecule has 0 fully saturated rings. The number of aryl methyl sites for hydroxylation is 1. The van der Waals surface area contributed by atoms with Crippen molar-refractivity contribution in [2.75, 3.05) is 0 Å². The molecule has 2 heterocycles. The van der Waals surface area contributed by atoms with Crippen LogP contribution in [0.3, 0.4) is 0 Å². The summed E-state index contributed by atoms with van der Waals surface area (Å²) in [5.74, 6) is 2.99. The highest BCUT2D eigenvalue weighted by Gasteiger charge is 2.19. The molecule has 0 saturated heterocycles. The summed E-state index contributed by atoms with van der Waals surface area (Å²) in [6.45, 7) is 6.12. The standard InChI is InChI=1S/C51H38N2O.C7H8/c1-4-16-39-33(5-2)30-47(43-22-11-9-20-41(39)43)35-27-36(48-31-34-17-7-8-19-40(34)42-21-10-12-23-44(42)48)29-37(28-35)49-32-38(52-53-49)18-15-25-45-46-24-13-14-26-51(46)54-50(45)6-3;1-7-5-3-2-4-6-7/h2,4,6-32,38,52-53H,1,3H3;2-6H,1H3/b16-4-,18-15+,45-25-,50-6+;. The van der Waals surface area contributed by atoms with Gasteiger partial charge in [-0.15, -0.1) is 6.42 Å². The smallest absolute Gasteiger partial charge is 0.135 e. The first-order chi connectivity index (χ1) is 30.0. The van der Waals surface area contributed by atoms with Crippen LogP contribution in [0.2, 0.25) is 0 Å². The van der Waals surface area contributed by atoms with Crippen LogP contribution in [0.1, 0.15) is 36.1 Å². The van der Waals surface area contributed by atoms with Crippen molar-refractivity contribution in [3.8, 4) is 34.6 Å². The van der Waals surface area contributed by atoms with Gasteiger partial charge in [-0.2, -0.15) is 0 Å². The third-order valence-electron chi connectivity index (χ3n) is 11.4. The first-order valence-electron chi connectivity index (χ1n) is 20.8. The number of furan rings is 1. The molecule has 1 aliphatic rings. The molecule has 0 aliphatic carbocycles. The highest BCUT2D eigenvalue weighted by Crippen LogP contribution is 2.40. The summed E-state index contributed by atoms with van der Waals surface area (Å²) in [5, 5.41) is 9.41. The molecule has 10 rings (SSSR count). The second-order valence-electron chi connectivity index (χ2n) is 15.3. The lowest BCUT2D eigenvalue weighted by Crippen LogP contribution is -2.30. The van der Waals surface area contributed by atoms with Gasteiger partial charge in [-0.3, -0.25) is 0 Å². The van der Waals surface area contributed by atoms with E-state index >= 15 is 0 Å². The van der Waals surface area contributed by atoms with Crippen molar-refractivity contribution in [2.24, 2.45) is 0 Å². The fraction of sp³-hybridized carbons (Fsp3) is 0.0690. The van der Waals surface area contributed by atoms with Crippen molar-refractivity contribution < 1.29 is 4.42 Å². The Bertz CT molecular complexity index is 3360. The summed E-state index contributed by atoms with van der Waals surface area (Å²) >= 11 is 0. The van der Waals surface area contributed by atoms with E-state index in [0.29, 0.717) is 0 Å². The van der Waals surface area contributed by atoms with Gasteiger partial charge in [0.25, 0.3) is 0 Å². The van der Waals surface area contributed by atoms with Gasteiger partial charge >= 0.3 is 0 Å². The van der Waals surface area contributed by atoms with Gasteiger partial charge in [-0.25, -0.2) is 5.43 Å². The molecule has 0 amide bonds. The summed E-state index contributed by atoms with van der Waals surface area (Å²) < 4.78 is 6.08. The first-order valence-corrected chi connectivity index (χ1v) is 20.8. The van der Waals surface area contributed by atoms with Crippen molar-refractivity contribution in [1.82, 2.24) is 10.9 Å². The Hall–Kier alpha value is -7.64. The lowest BCUT2D eigenvalue weighted by Gasteiger charge is -2.17. The normalized spacial score (nSPS) is 14.5. The molecule has 61 heavy (non-hydrogen) atoms. The van der Waals surface area contributed by atoms with E-state index in [2.05, 4.69) is 181 Å². The predicted octanol–water partition coefficient (Wildman–Crippen LogP) is 12.9. The highest BCUT2D eigenvalue weighted by molar-refractivity contribution is 6.14. The van der Waals surface area contributed by atoms with Crippen molar-refractivity contribution in [3.63, 3.8) is 0 Å². The van der Waals surface area contributed by atoms with Crippen LogP contribution in [0.4, 0.5) is 0 Å². The third kappa shape index (κ3) is 7.81. The zero-order chi connectivity index (χ0) is 41.7. The molecule has 8 aromatic carbocycles. The molecule has 3 heteroatoms. The lowest BCUT2D eigenvalue weighted by molar-refractivity contribution is 0.575. The fourth-order valence-corrected chi connectivity index (χ4v) is 8.46. The Morgan fingerprint density at radius 3 is 1.92 bits per heavy atom. The van der Waals surface area contributed by atoms with Gasteiger partial charge in [0.1, 0.15) is 11.0 Å². The van der Waals surface area contributed by atoms with Crippen molar-refractivity contribution in [2.45, 2.75) is 26.8 Å². The zero-order valence-corrected chi connectivity index (χ0v) is 34.6. The van der Waals surface area contributed by atoms with Crippen molar-refractivity contribution in [3.05, 3.63) is 215 Å². The van der Waals surface area contributed by atoms with Crippen molar-refractivity contribution in [1.29, 1.82) is 0 Å². The Kier molecular flexibility index (Phi) is 11.0. The fourth-order valence-electron chi connectivity index (χ4n) is 8.46. The molecular formula is C58H46N2O. The van der Waals surface area contributed by atoms with Gasteiger partial charge in [0.05, 0.1) is 11.7 Å². The molecular weight excluding hydrogens is 741 g/mol. The topological polar surface area (TPSA) is 37.2 Å². The monoisotopic (exact) mass is 786 g/mol. The minimum Gasteiger partial charge on any atom is -0.456 e. The molecule has 1 aromatic heterocycles. The molecule has 1 aliphatic heterocycles. The molecule has 2 N–H and O–H groups in total. The van der Waals surface area contributed by atoms with Gasteiger partial charge in [0, 0.05) is 16.2 Å². The van der Waals surface area contributed by atoms with Gasteiger partial charge in [0.2, 0.25) is 0 Å². The van der Waals surface area contributed by atoms with E-state index in [-0.39, 0.29) is 6.04 Å². The number of hydrazine groups is 1. The van der Waals surface area contributed by atoms with Gasteiger partial charge in [-0.1, -0.05) is 163 Å². The summed E-state index contributed by atoms with van der Waals surface area (Å²) in [4.78, 5) is 0. The first kappa shape index (κ1) is 38.9. The third-order valence-corrected chi connectivity index (χ3v) is 11.4. The number of allylic oxidation sites excluding steroid dienone is 2. The minimum atomic E-state index is -0.0222. The molecule has 0 bridgehead atoms. The molecule has 1 unspecified atom stereocenters. The average Bonchev–Trinajstić information content (AvgIpc) is 3.94. The van der Waals surface area contributed by atoms with E-state index in [1.165, 1.54) is 32.7 Å². The van der Waals surface area contributed by atoms with Crippen LogP contribution in [0.5, 0.6) is 0 Å². The molecule has 9 aromatic rings. The van der Waals surface area contributed by atoms with Gasteiger partial charge < -0.3 is 9.84 Å². The highest BCUT2D eigenvalue weighted by atomic mass is 16.3. The quantitative estimate of drug-likeness (QED) is 0.130. The second-order valence-corrected chi connectivity index (χ2v) is 15.3. The lowest BCUT2D eigenvalue weighted by atomic mass is 9.87. The van der Waals surface area contributed by atoms with Gasteiger partial charge in [0.15, 0.2) is 0 Å². The number of terminal acetylenes is 1. The predicted molar refractivity (Wildman–Crippen MR) is 261 cm³/mol. The zero-order valence-electron chi connectivity index (χ0n) is 34.6. The van der Waals surface area contributed by atoms with E-state index in [1.54, 1.807) is 0 Å². The Balaban J connectivity index is 0.000000620. The maximum Gasteiger partial charge on any atom is 0.135 e. The summed E-state index contributed by atoms with van der Waals surface area (Å²) in [6, 6.07) is 55.7. The Labute approximate surface area is 357 Å². The van der Waals surface area contributed by atoms with Crippen LogP contribution in [-0.2, 0) is 0 Å². The number of rotatable bonds is 6. The average molecular weight is 787 g/mol. The number of hydrogen-bond acceptors (Lipinski definition) is 3. The van der Waals surface area contributed by atoms with Crippen LogP contribution >= 0.6 is 0 Å². The van der Waals surface area contributed by atoms with Gasteiger partial charge in [-0.05, 0) is 135 Å². The van der Waals surface area contributed by atoms with Crippen LogP contribution in [0, 0.1) is 19.3 Å². The molecule has 3 nitrogen and oxygen atoms in total. The maximum atomic E-state index is 6.19. The number of fused-ring (bicyclic) bond motifs is 5. The van der Waals surface area contributed by atoms with Crippen molar-refractivity contribution >= 4 is 67.2 Å². The Morgan fingerprint density at radius 1 is 0.623 bits per heavy atom. The second kappa shape index (κ2) is 17.3. The molecule has 0 saturated carbocycles. The number of nitrogens with one attached hydrogen (secondary N) is 2. The Morgan fingerprint density at radius 2 is 1.23 bits per heavy atom. The summed E-state index contributed by atoms with van der Waals surface area (Å²) in [6.07, 6.45) is 21.0. The maximum absolute atomic E-state index is 6.19. The van der Waals surface area contributed by atoms with E-state index in [1.807, 2.05) is 56.3 Å². The number of benzene rings is 8. The number of hydrogen-bond donors (Lipinski definition) is 2. The van der Waals surface area contributed by atoms with E-state index in [0.717, 1.165) is 71.5 Å². The van der Waals surface area contributed by atoms with E-state index in [9.17, 15) is 0 Å². The van der Waals surface area contributed by atoms with Crippen LogP contribution in [-0.4, -0.2) is 6.04 Å². The molecule has 0 radical (unpaired) electrons. The molecule has 1 atom stereocenters. The van der Waals surface area contributed by atoms with E-state index in [4.69, 9.17) is 10.8 Å². The minimum absolute atomic E-state index is 0.0222. The molecule has 0 spiro atoms. The largest absolute Gasteiger partial charge is 0.456 e. The van der Waals surface area contributed by atoms with Crippen LogP contribution in [0.25, 0.3) is 89.5 Å². The molecule has 294 valence electrons. The SMILES string of the molecule is C#Cc1cc(-c2cc(C3=CC(/C=C/C=c4\c(=C/C)oc5ccccc45)NN3)cc(-c3cc4ccccc4c4ccccc34)c2)c2ccccc2c1/C=C\C.Cc1ccccc1.